The Kier molecular flexibility index (Phi) is 8.39. The minimum atomic E-state index is -0.776. The van der Waals surface area contributed by atoms with Crippen molar-refractivity contribution < 1.29 is 15.0 Å². The molecule has 3 nitrogen and oxygen atoms in total. The van der Waals surface area contributed by atoms with Crippen LogP contribution in [0.1, 0.15) is 20.3 Å². The van der Waals surface area contributed by atoms with E-state index in [1.54, 1.807) is 19.1 Å². The molecule has 0 aromatic carbocycles. The van der Waals surface area contributed by atoms with Gasteiger partial charge < -0.3 is 10.2 Å². The van der Waals surface area contributed by atoms with Gasteiger partial charge in [0.2, 0.25) is 0 Å². The van der Waals surface area contributed by atoms with Crippen LogP contribution in [-0.4, -0.2) is 28.7 Å². The van der Waals surface area contributed by atoms with E-state index in [1.165, 1.54) is 6.08 Å². The summed E-state index contributed by atoms with van der Waals surface area (Å²) >= 11 is 0. The number of hydrogen-bond acceptors (Lipinski definition) is 3. The third-order valence-corrected chi connectivity index (χ3v) is 2.24. The molecule has 0 unspecified atom stereocenters. The first kappa shape index (κ1) is 14.8. The highest BCUT2D eigenvalue weighted by Gasteiger charge is 2.18. The number of carbonyl (C=O) groups is 1. The molecule has 0 aliphatic heterocycles. The lowest BCUT2D eigenvalue weighted by molar-refractivity contribution is -0.121. The Morgan fingerprint density at radius 1 is 1.25 bits per heavy atom. The first-order valence-electron chi connectivity index (χ1n) is 5.42. The highest BCUT2D eigenvalue weighted by molar-refractivity contribution is 5.92. The third-order valence-electron chi connectivity index (χ3n) is 2.24. The molecule has 0 fully saturated rings. The van der Waals surface area contributed by atoms with Crippen LogP contribution in [0.2, 0.25) is 0 Å². The van der Waals surface area contributed by atoms with E-state index in [2.05, 4.69) is 0 Å². The van der Waals surface area contributed by atoms with E-state index in [4.69, 9.17) is 5.11 Å². The Morgan fingerprint density at radius 2 is 1.88 bits per heavy atom. The standard InChI is InChI=1S/C13H20O3/c1-3-4-5-6-7-8-12(15)11(2)13(16)9-10-14/h3-8,11,13-14,16H,9-10H2,1-2H3/b4-3+,6-5+,8-7+/t11-,13-/m0/s1. The first-order chi connectivity index (χ1) is 7.63. The van der Waals surface area contributed by atoms with E-state index < -0.39 is 12.0 Å². The molecule has 0 amide bonds. The van der Waals surface area contributed by atoms with E-state index >= 15 is 0 Å². The van der Waals surface area contributed by atoms with Gasteiger partial charge in [0.15, 0.2) is 5.78 Å². The molecule has 0 aromatic heterocycles. The lowest BCUT2D eigenvalue weighted by Crippen LogP contribution is -2.25. The Balaban J connectivity index is 4.14. The summed E-state index contributed by atoms with van der Waals surface area (Å²) in [6, 6.07) is 0. The maximum Gasteiger partial charge on any atom is 0.161 e. The van der Waals surface area contributed by atoms with Crippen LogP contribution in [-0.2, 0) is 4.79 Å². The Bertz CT molecular complexity index is 277. The monoisotopic (exact) mass is 224 g/mol. The number of carbonyl (C=O) groups excluding carboxylic acids is 1. The van der Waals surface area contributed by atoms with E-state index in [1.807, 2.05) is 25.2 Å². The smallest absolute Gasteiger partial charge is 0.161 e. The molecule has 0 aromatic rings. The van der Waals surface area contributed by atoms with Crippen LogP contribution in [0.15, 0.2) is 36.5 Å². The molecule has 16 heavy (non-hydrogen) atoms. The Hall–Kier alpha value is -1.19. The lowest BCUT2D eigenvalue weighted by Gasteiger charge is -2.14. The van der Waals surface area contributed by atoms with Crippen molar-refractivity contribution in [3.63, 3.8) is 0 Å². The SMILES string of the molecule is C/C=C/C=C/C=C/C(=O)[C@H](C)[C@@H](O)CCO. The van der Waals surface area contributed by atoms with Gasteiger partial charge in [0.1, 0.15) is 0 Å². The molecule has 0 bridgehead atoms. The number of hydrogen-bond donors (Lipinski definition) is 2. The van der Waals surface area contributed by atoms with Crippen molar-refractivity contribution in [3.8, 4) is 0 Å². The summed E-state index contributed by atoms with van der Waals surface area (Å²) < 4.78 is 0. The van der Waals surface area contributed by atoms with E-state index in [0.717, 1.165) is 0 Å². The van der Waals surface area contributed by atoms with Crippen molar-refractivity contribution in [1.29, 1.82) is 0 Å². The quantitative estimate of drug-likeness (QED) is 0.510. The van der Waals surface area contributed by atoms with Crippen molar-refractivity contribution in [1.82, 2.24) is 0 Å². The van der Waals surface area contributed by atoms with Gasteiger partial charge in [0, 0.05) is 12.5 Å². The molecule has 90 valence electrons. The molecule has 3 heteroatoms. The number of aliphatic hydroxyl groups is 2. The second-order valence-electron chi connectivity index (χ2n) is 3.54. The minimum absolute atomic E-state index is 0.107. The molecule has 2 N–H and O–H groups in total. The van der Waals surface area contributed by atoms with E-state index in [0.29, 0.717) is 0 Å². The predicted octanol–water partition coefficient (Wildman–Crippen LogP) is 1.62. The molecule has 0 aliphatic rings. The number of ketones is 1. The highest BCUT2D eigenvalue weighted by atomic mass is 16.3. The zero-order chi connectivity index (χ0) is 12.4. The largest absolute Gasteiger partial charge is 0.396 e. The fourth-order valence-corrected chi connectivity index (χ4v) is 1.11. The normalized spacial score (nSPS) is 16.2. The molecule has 2 atom stereocenters. The van der Waals surface area contributed by atoms with Gasteiger partial charge in [-0.3, -0.25) is 4.79 Å². The van der Waals surface area contributed by atoms with Crippen molar-refractivity contribution in [3.05, 3.63) is 36.5 Å². The summed E-state index contributed by atoms with van der Waals surface area (Å²) in [5.41, 5.74) is 0. The summed E-state index contributed by atoms with van der Waals surface area (Å²) in [5, 5.41) is 18.1. The molecule has 0 aliphatic carbocycles. The van der Waals surface area contributed by atoms with Gasteiger partial charge in [-0.25, -0.2) is 0 Å². The summed E-state index contributed by atoms with van der Waals surface area (Å²) in [6.45, 7) is 3.46. The average molecular weight is 224 g/mol. The van der Waals surface area contributed by atoms with Gasteiger partial charge in [-0.1, -0.05) is 37.3 Å². The highest BCUT2D eigenvalue weighted by Crippen LogP contribution is 2.08. The average Bonchev–Trinajstić information content (AvgIpc) is 2.27. The number of aliphatic hydroxyl groups excluding tert-OH is 2. The fraction of sp³-hybridized carbons (Fsp3) is 0.462. The Labute approximate surface area is 96.8 Å². The summed E-state index contributed by atoms with van der Waals surface area (Å²) in [4.78, 5) is 11.5. The molecule has 0 spiro atoms. The van der Waals surface area contributed by atoms with Gasteiger partial charge in [0.05, 0.1) is 6.10 Å². The number of allylic oxidation sites excluding steroid dienone is 6. The van der Waals surface area contributed by atoms with Crippen LogP contribution >= 0.6 is 0 Å². The second-order valence-corrected chi connectivity index (χ2v) is 3.54. The molecular weight excluding hydrogens is 204 g/mol. The van der Waals surface area contributed by atoms with Crippen LogP contribution < -0.4 is 0 Å². The predicted molar refractivity (Wildman–Crippen MR) is 65.0 cm³/mol. The van der Waals surface area contributed by atoms with Crippen molar-refractivity contribution >= 4 is 5.78 Å². The Morgan fingerprint density at radius 3 is 2.44 bits per heavy atom. The van der Waals surface area contributed by atoms with Gasteiger partial charge in [0.25, 0.3) is 0 Å². The van der Waals surface area contributed by atoms with Gasteiger partial charge in [-0.05, 0) is 19.4 Å². The number of rotatable bonds is 7. The van der Waals surface area contributed by atoms with Crippen molar-refractivity contribution in [2.24, 2.45) is 5.92 Å². The maximum absolute atomic E-state index is 11.5. The van der Waals surface area contributed by atoms with E-state index in [-0.39, 0.29) is 18.8 Å². The molecule has 0 heterocycles. The third kappa shape index (κ3) is 6.32. The molecule has 0 rings (SSSR count). The summed E-state index contributed by atoms with van der Waals surface area (Å²) in [5.74, 6) is -0.607. The summed E-state index contributed by atoms with van der Waals surface area (Å²) in [7, 11) is 0. The van der Waals surface area contributed by atoms with Crippen LogP contribution in [0.3, 0.4) is 0 Å². The van der Waals surface area contributed by atoms with Crippen LogP contribution in [0.4, 0.5) is 0 Å². The minimum Gasteiger partial charge on any atom is -0.396 e. The molecule has 0 saturated carbocycles. The molecular formula is C13H20O3. The molecule has 0 radical (unpaired) electrons. The van der Waals surface area contributed by atoms with Crippen LogP contribution in [0.25, 0.3) is 0 Å². The zero-order valence-corrected chi connectivity index (χ0v) is 9.84. The first-order valence-corrected chi connectivity index (χ1v) is 5.42. The van der Waals surface area contributed by atoms with Crippen LogP contribution in [0, 0.1) is 5.92 Å². The second kappa shape index (κ2) is 9.07. The van der Waals surface area contributed by atoms with Crippen molar-refractivity contribution in [2.45, 2.75) is 26.4 Å². The fourth-order valence-electron chi connectivity index (χ4n) is 1.11. The topological polar surface area (TPSA) is 57.5 Å². The maximum atomic E-state index is 11.5. The van der Waals surface area contributed by atoms with Crippen LogP contribution in [0.5, 0.6) is 0 Å². The van der Waals surface area contributed by atoms with Gasteiger partial charge in [-0.2, -0.15) is 0 Å². The van der Waals surface area contributed by atoms with Gasteiger partial charge in [-0.15, -0.1) is 0 Å². The zero-order valence-electron chi connectivity index (χ0n) is 9.84. The lowest BCUT2D eigenvalue weighted by atomic mass is 9.97. The van der Waals surface area contributed by atoms with Gasteiger partial charge >= 0.3 is 0 Å². The van der Waals surface area contributed by atoms with Crippen molar-refractivity contribution in [2.75, 3.05) is 6.61 Å². The summed E-state index contributed by atoms with van der Waals surface area (Å²) in [6.07, 6.45) is 9.85. The van der Waals surface area contributed by atoms with E-state index in [9.17, 15) is 9.90 Å². The molecule has 0 saturated heterocycles.